The van der Waals surface area contributed by atoms with Crippen LogP contribution in [-0.4, -0.2) is 31.0 Å². The van der Waals surface area contributed by atoms with Crippen LogP contribution in [0.5, 0.6) is 11.5 Å². The molecule has 0 aliphatic rings. The van der Waals surface area contributed by atoms with Gasteiger partial charge in [-0.1, -0.05) is 18.2 Å². The number of hydrazine groups is 1. The number of furan rings is 1. The zero-order valence-electron chi connectivity index (χ0n) is 17.8. The van der Waals surface area contributed by atoms with Crippen molar-refractivity contribution >= 4 is 22.7 Å². The van der Waals surface area contributed by atoms with Gasteiger partial charge < -0.3 is 13.9 Å². The van der Waals surface area contributed by atoms with Crippen molar-refractivity contribution in [2.24, 2.45) is 0 Å². The Morgan fingerprint density at radius 2 is 1.62 bits per heavy atom. The van der Waals surface area contributed by atoms with Crippen LogP contribution in [0.2, 0.25) is 0 Å². The van der Waals surface area contributed by atoms with Gasteiger partial charge in [0.1, 0.15) is 5.76 Å². The summed E-state index contributed by atoms with van der Waals surface area (Å²) >= 11 is 0. The molecule has 0 saturated carbocycles. The van der Waals surface area contributed by atoms with E-state index in [-0.39, 0.29) is 5.76 Å². The van der Waals surface area contributed by atoms with E-state index in [4.69, 9.17) is 13.9 Å². The number of nitrogens with one attached hydrogen (secondary N) is 2. The highest BCUT2D eigenvalue weighted by atomic mass is 16.5. The van der Waals surface area contributed by atoms with Crippen molar-refractivity contribution in [1.29, 1.82) is 0 Å². The van der Waals surface area contributed by atoms with Crippen LogP contribution in [0.1, 0.15) is 26.7 Å². The lowest BCUT2D eigenvalue weighted by molar-refractivity contribution is 0.0831. The summed E-state index contributed by atoms with van der Waals surface area (Å²) in [6.45, 7) is 1.73. The molecule has 2 N–H and O–H groups in total. The molecule has 32 heavy (non-hydrogen) atoms. The molecule has 0 fully saturated rings. The first-order valence-corrected chi connectivity index (χ1v) is 9.79. The molecule has 4 aromatic rings. The predicted octanol–water partition coefficient (Wildman–Crippen LogP) is 3.90. The lowest BCUT2D eigenvalue weighted by atomic mass is 10.0. The van der Waals surface area contributed by atoms with Crippen LogP contribution in [-0.2, 0) is 0 Å². The molecule has 2 amide bonds. The van der Waals surface area contributed by atoms with E-state index in [2.05, 4.69) is 15.8 Å². The number of ether oxygens (including phenoxy) is 2. The molecule has 0 bridgehead atoms. The van der Waals surface area contributed by atoms with Crippen molar-refractivity contribution in [3.63, 3.8) is 0 Å². The molecule has 0 atom stereocenters. The van der Waals surface area contributed by atoms with Gasteiger partial charge in [-0.15, -0.1) is 0 Å². The molecule has 0 spiro atoms. The molecule has 0 radical (unpaired) electrons. The van der Waals surface area contributed by atoms with Crippen LogP contribution in [0.3, 0.4) is 0 Å². The first kappa shape index (κ1) is 20.9. The normalized spacial score (nSPS) is 10.6. The average Bonchev–Trinajstić information content (AvgIpc) is 3.27. The first-order valence-electron chi connectivity index (χ1n) is 9.79. The summed E-state index contributed by atoms with van der Waals surface area (Å²) < 4.78 is 16.0. The van der Waals surface area contributed by atoms with Gasteiger partial charge >= 0.3 is 5.91 Å². The molecule has 8 heteroatoms. The Morgan fingerprint density at radius 3 is 2.34 bits per heavy atom. The number of aromatic nitrogens is 1. The number of aryl methyl sites for hydroxylation is 1. The monoisotopic (exact) mass is 431 g/mol. The number of hydrogen-bond donors (Lipinski definition) is 2. The molecule has 162 valence electrons. The van der Waals surface area contributed by atoms with Crippen molar-refractivity contribution in [3.05, 3.63) is 77.7 Å². The van der Waals surface area contributed by atoms with E-state index in [0.717, 1.165) is 5.56 Å². The average molecular weight is 431 g/mol. The maximum Gasteiger partial charge on any atom is 0.305 e. The molecule has 0 saturated heterocycles. The van der Waals surface area contributed by atoms with Crippen molar-refractivity contribution in [2.45, 2.75) is 6.92 Å². The Kier molecular flexibility index (Phi) is 5.76. The van der Waals surface area contributed by atoms with Crippen molar-refractivity contribution < 1.29 is 23.5 Å². The van der Waals surface area contributed by atoms with Crippen LogP contribution in [0.25, 0.3) is 22.2 Å². The number of benzene rings is 2. The molecule has 0 aliphatic carbocycles. The molecular formula is C24H21N3O5. The van der Waals surface area contributed by atoms with Gasteiger partial charge in [0.15, 0.2) is 17.3 Å². The zero-order valence-corrected chi connectivity index (χ0v) is 17.8. The minimum absolute atomic E-state index is 0.105. The number of para-hydroxylation sites is 1. The van der Waals surface area contributed by atoms with Crippen LogP contribution in [0, 0.1) is 6.92 Å². The van der Waals surface area contributed by atoms with Gasteiger partial charge in [0, 0.05) is 10.9 Å². The molecular weight excluding hydrogens is 410 g/mol. The molecule has 0 aliphatic heterocycles. The van der Waals surface area contributed by atoms with E-state index in [9.17, 15) is 9.59 Å². The Labute approximate surface area is 184 Å². The quantitative estimate of drug-likeness (QED) is 0.465. The van der Waals surface area contributed by atoms with Crippen molar-refractivity contribution in [2.75, 3.05) is 14.2 Å². The maximum atomic E-state index is 13.0. The minimum atomic E-state index is -0.551. The Balaban J connectivity index is 1.68. The summed E-state index contributed by atoms with van der Waals surface area (Å²) in [5.41, 5.74) is 7.14. The number of nitrogens with zero attached hydrogens (tertiary/aromatic N) is 1. The number of carbonyl (C=O) groups is 2. The summed E-state index contributed by atoms with van der Waals surface area (Å²) in [6, 6.07) is 17.6. The lowest BCUT2D eigenvalue weighted by Gasteiger charge is -2.12. The third-order valence-electron chi connectivity index (χ3n) is 4.89. The first-order chi connectivity index (χ1) is 15.5. The molecule has 4 rings (SSSR count). The highest BCUT2D eigenvalue weighted by molar-refractivity contribution is 6.08. The Morgan fingerprint density at radius 1 is 0.875 bits per heavy atom. The van der Waals surface area contributed by atoms with Crippen LogP contribution < -0.4 is 20.3 Å². The summed E-state index contributed by atoms with van der Waals surface area (Å²) in [7, 11) is 3.12. The fraction of sp³-hybridized carbons (Fsp3) is 0.125. The van der Waals surface area contributed by atoms with Gasteiger partial charge in [0.2, 0.25) is 0 Å². The number of fused-ring (bicyclic) bond motifs is 1. The molecule has 2 aromatic carbocycles. The van der Waals surface area contributed by atoms with Gasteiger partial charge in [-0.25, -0.2) is 4.98 Å². The largest absolute Gasteiger partial charge is 0.493 e. The lowest BCUT2D eigenvalue weighted by Crippen LogP contribution is -2.41. The second-order valence-corrected chi connectivity index (χ2v) is 6.96. The van der Waals surface area contributed by atoms with E-state index in [1.54, 1.807) is 51.5 Å². The number of pyridine rings is 1. The Hall–Kier alpha value is -4.33. The van der Waals surface area contributed by atoms with E-state index in [1.807, 2.05) is 24.3 Å². The number of hydrogen-bond acceptors (Lipinski definition) is 6. The fourth-order valence-corrected chi connectivity index (χ4v) is 3.31. The van der Waals surface area contributed by atoms with Gasteiger partial charge in [0.25, 0.3) is 5.91 Å². The predicted molar refractivity (Wildman–Crippen MR) is 119 cm³/mol. The van der Waals surface area contributed by atoms with Crippen molar-refractivity contribution in [1.82, 2.24) is 15.8 Å². The second kappa shape index (κ2) is 8.81. The molecule has 2 aromatic heterocycles. The van der Waals surface area contributed by atoms with Crippen LogP contribution in [0.4, 0.5) is 0 Å². The SMILES string of the molecule is COc1ccc(-c2cc(C(=O)NNC(=O)c3ccc(C)o3)c3ccccc3n2)cc1OC. The van der Waals surface area contributed by atoms with Gasteiger partial charge in [-0.05, 0) is 49.4 Å². The van der Waals surface area contributed by atoms with E-state index in [1.165, 1.54) is 6.07 Å². The molecule has 0 unspecified atom stereocenters. The summed E-state index contributed by atoms with van der Waals surface area (Å²) in [4.78, 5) is 29.9. The van der Waals surface area contributed by atoms with Gasteiger partial charge in [-0.3, -0.25) is 20.4 Å². The standard InChI is InChI=1S/C24H21N3O5/c1-14-8-10-21(32-14)24(29)27-26-23(28)17-13-19(25-18-7-5-4-6-16(17)18)15-9-11-20(30-2)22(12-15)31-3/h4-13H,1-3H3,(H,26,28)(H,27,29). The highest BCUT2D eigenvalue weighted by Gasteiger charge is 2.17. The van der Waals surface area contributed by atoms with Crippen LogP contribution >= 0.6 is 0 Å². The maximum absolute atomic E-state index is 13.0. The number of amides is 2. The number of methoxy groups -OCH3 is 2. The number of carbonyl (C=O) groups excluding carboxylic acids is 2. The topological polar surface area (TPSA) is 103 Å². The Bertz CT molecular complexity index is 1310. The third kappa shape index (κ3) is 4.11. The van der Waals surface area contributed by atoms with E-state index in [0.29, 0.717) is 39.4 Å². The van der Waals surface area contributed by atoms with Gasteiger partial charge in [0.05, 0.1) is 31.0 Å². The number of rotatable bonds is 5. The summed E-state index contributed by atoms with van der Waals surface area (Å²) in [5.74, 6) is 0.805. The minimum Gasteiger partial charge on any atom is -0.493 e. The van der Waals surface area contributed by atoms with E-state index >= 15 is 0 Å². The van der Waals surface area contributed by atoms with Gasteiger partial charge in [-0.2, -0.15) is 0 Å². The summed E-state index contributed by atoms with van der Waals surface area (Å²) in [5, 5.41) is 0.650. The third-order valence-corrected chi connectivity index (χ3v) is 4.89. The highest BCUT2D eigenvalue weighted by Crippen LogP contribution is 2.33. The van der Waals surface area contributed by atoms with Crippen molar-refractivity contribution in [3.8, 4) is 22.8 Å². The fourth-order valence-electron chi connectivity index (χ4n) is 3.31. The second-order valence-electron chi connectivity index (χ2n) is 6.96. The summed E-state index contributed by atoms with van der Waals surface area (Å²) in [6.07, 6.45) is 0. The molecule has 2 heterocycles. The van der Waals surface area contributed by atoms with Crippen LogP contribution in [0.15, 0.2) is 65.1 Å². The van der Waals surface area contributed by atoms with E-state index < -0.39 is 11.8 Å². The smallest absolute Gasteiger partial charge is 0.305 e. The zero-order chi connectivity index (χ0) is 22.7. The molecule has 8 nitrogen and oxygen atoms in total.